The summed E-state index contributed by atoms with van der Waals surface area (Å²) >= 11 is 3.45. The lowest BCUT2D eigenvalue weighted by Gasteiger charge is -2.17. The number of hydrogen-bond acceptors (Lipinski definition) is 3. The number of ether oxygens (including phenoxy) is 1. The van der Waals surface area contributed by atoms with Gasteiger partial charge < -0.3 is 4.74 Å². The number of rotatable bonds is 5. The Morgan fingerprint density at radius 1 is 1.39 bits per heavy atom. The first-order valence-corrected chi connectivity index (χ1v) is 8.72. The largest absolute Gasteiger partial charge is 0.492 e. The van der Waals surface area contributed by atoms with Gasteiger partial charge in [0.2, 0.25) is 0 Å². The van der Waals surface area contributed by atoms with Crippen LogP contribution < -0.4 is 4.74 Å². The van der Waals surface area contributed by atoms with Crippen molar-refractivity contribution >= 4 is 25.8 Å². The summed E-state index contributed by atoms with van der Waals surface area (Å²) in [5.74, 6) is 1.04. The van der Waals surface area contributed by atoms with E-state index in [0.29, 0.717) is 6.61 Å². The first-order valence-electron chi connectivity index (χ1n) is 5.87. The molecule has 1 fully saturated rings. The number of para-hydroxylation sites is 1. The van der Waals surface area contributed by atoms with Gasteiger partial charge in [0.1, 0.15) is 15.6 Å². The van der Waals surface area contributed by atoms with Crippen LogP contribution in [-0.4, -0.2) is 27.0 Å². The summed E-state index contributed by atoms with van der Waals surface area (Å²) < 4.78 is 29.5. The summed E-state index contributed by atoms with van der Waals surface area (Å²) in [5.41, 5.74) is 0.898. The molecule has 1 aromatic rings. The maximum absolute atomic E-state index is 11.4. The van der Waals surface area contributed by atoms with Crippen molar-refractivity contribution in [2.45, 2.75) is 19.8 Å². The Hall–Kier alpha value is -0.550. The van der Waals surface area contributed by atoms with Gasteiger partial charge in [-0.1, -0.05) is 12.1 Å². The summed E-state index contributed by atoms with van der Waals surface area (Å²) in [6.07, 6.45) is 3.16. The fourth-order valence-electron chi connectivity index (χ4n) is 2.09. The molecule has 100 valence electrons. The Balaban J connectivity index is 2.04. The van der Waals surface area contributed by atoms with Gasteiger partial charge in [-0.25, -0.2) is 8.42 Å². The predicted molar refractivity (Wildman–Crippen MR) is 75.8 cm³/mol. The molecule has 2 rings (SSSR count). The van der Waals surface area contributed by atoms with E-state index in [4.69, 9.17) is 4.74 Å². The second-order valence-electron chi connectivity index (χ2n) is 5.24. The topological polar surface area (TPSA) is 43.4 Å². The van der Waals surface area contributed by atoms with E-state index in [9.17, 15) is 8.42 Å². The third-order valence-corrected chi connectivity index (χ3v) is 4.97. The van der Waals surface area contributed by atoms with Crippen molar-refractivity contribution in [1.29, 1.82) is 0 Å². The van der Waals surface area contributed by atoms with Crippen molar-refractivity contribution in [3.8, 4) is 5.75 Å². The van der Waals surface area contributed by atoms with Crippen LogP contribution in [0.4, 0.5) is 0 Å². The maximum Gasteiger partial charge on any atom is 0.148 e. The zero-order chi connectivity index (χ0) is 13.4. The Kier molecular flexibility index (Phi) is 3.74. The van der Waals surface area contributed by atoms with E-state index in [2.05, 4.69) is 15.9 Å². The average molecular weight is 333 g/mol. The minimum absolute atomic E-state index is 0.157. The molecule has 0 amide bonds. The van der Waals surface area contributed by atoms with Gasteiger partial charge in [-0.3, -0.25) is 0 Å². The monoisotopic (exact) mass is 332 g/mol. The van der Waals surface area contributed by atoms with E-state index in [-0.39, 0.29) is 11.2 Å². The lowest BCUT2D eigenvalue weighted by atomic mass is 10.1. The van der Waals surface area contributed by atoms with Gasteiger partial charge in [0, 0.05) is 11.7 Å². The van der Waals surface area contributed by atoms with Crippen LogP contribution in [0.1, 0.15) is 18.4 Å². The molecule has 3 nitrogen and oxygen atoms in total. The Labute approximate surface area is 117 Å². The fraction of sp³-hybridized carbons (Fsp3) is 0.538. The molecule has 0 spiro atoms. The zero-order valence-electron chi connectivity index (χ0n) is 10.6. The Morgan fingerprint density at radius 2 is 2.06 bits per heavy atom. The number of hydrogen-bond donors (Lipinski definition) is 0. The first-order chi connectivity index (χ1) is 8.31. The van der Waals surface area contributed by atoms with E-state index in [0.717, 1.165) is 28.6 Å². The molecule has 1 aliphatic rings. The molecule has 0 aliphatic heterocycles. The van der Waals surface area contributed by atoms with Gasteiger partial charge in [0.05, 0.1) is 16.8 Å². The first kappa shape index (κ1) is 13.9. The normalized spacial score (nSPS) is 17.5. The van der Waals surface area contributed by atoms with E-state index in [1.807, 2.05) is 25.1 Å². The molecule has 0 saturated heterocycles. The van der Waals surface area contributed by atoms with Crippen LogP contribution >= 0.6 is 15.9 Å². The standard InChI is InChI=1S/C13H17BrO3S/c1-10-4-3-5-11(14)12(10)17-8-13(6-7-13)9-18(2,15)16/h3-5H,6-9H2,1-2H3. The lowest BCUT2D eigenvalue weighted by molar-refractivity contribution is 0.246. The minimum atomic E-state index is -2.94. The molecule has 5 heteroatoms. The van der Waals surface area contributed by atoms with E-state index < -0.39 is 9.84 Å². The molecule has 18 heavy (non-hydrogen) atoms. The van der Waals surface area contributed by atoms with Gasteiger partial charge in [-0.05, 0) is 47.3 Å². The average Bonchev–Trinajstić information content (AvgIpc) is 2.94. The van der Waals surface area contributed by atoms with Crippen LogP contribution in [0.3, 0.4) is 0 Å². The SMILES string of the molecule is Cc1cccc(Br)c1OCC1(CS(C)(=O)=O)CC1. The lowest BCUT2D eigenvalue weighted by Crippen LogP contribution is -2.23. The highest BCUT2D eigenvalue weighted by atomic mass is 79.9. The minimum Gasteiger partial charge on any atom is -0.492 e. The molecule has 0 unspecified atom stereocenters. The molecule has 0 N–H and O–H groups in total. The highest BCUT2D eigenvalue weighted by Gasteiger charge is 2.46. The smallest absolute Gasteiger partial charge is 0.148 e. The molecule has 0 aromatic heterocycles. The molecule has 1 saturated carbocycles. The van der Waals surface area contributed by atoms with Crippen LogP contribution in [0.5, 0.6) is 5.75 Å². The van der Waals surface area contributed by atoms with E-state index in [1.165, 1.54) is 6.26 Å². The molecule has 1 aromatic carbocycles. The summed E-state index contributed by atoms with van der Waals surface area (Å²) in [6, 6.07) is 5.87. The van der Waals surface area contributed by atoms with Crippen molar-refractivity contribution in [2.75, 3.05) is 18.6 Å². The highest BCUT2D eigenvalue weighted by Crippen LogP contribution is 2.47. The number of aryl methyl sites for hydroxylation is 1. The molecular weight excluding hydrogens is 316 g/mol. The summed E-state index contributed by atoms with van der Waals surface area (Å²) in [4.78, 5) is 0. The quantitative estimate of drug-likeness (QED) is 0.832. The summed E-state index contributed by atoms with van der Waals surface area (Å²) in [7, 11) is -2.94. The molecule has 0 heterocycles. The zero-order valence-corrected chi connectivity index (χ0v) is 13.0. The van der Waals surface area contributed by atoms with Crippen LogP contribution in [0, 0.1) is 12.3 Å². The van der Waals surface area contributed by atoms with E-state index in [1.54, 1.807) is 0 Å². The highest BCUT2D eigenvalue weighted by molar-refractivity contribution is 9.10. The number of benzene rings is 1. The van der Waals surface area contributed by atoms with Crippen molar-refractivity contribution < 1.29 is 13.2 Å². The summed E-state index contributed by atoms with van der Waals surface area (Å²) in [5, 5.41) is 0. The van der Waals surface area contributed by atoms with Crippen molar-refractivity contribution in [1.82, 2.24) is 0 Å². The van der Waals surface area contributed by atoms with Crippen LogP contribution in [0.2, 0.25) is 0 Å². The number of sulfone groups is 1. The second-order valence-corrected chi connectivity index (χ2v) is 8.24. The van der Waals surface area contributed by atoms with Gasteiger partial charge in [-0.2, -0.15) is 0 Å². The van der Waals surface area contributed by atoms with Crippen LogP contribution in [-0.2, 0) is 9.84 Å². The van der Waals surface area contributed by atoms with Crippen LogP contribution in [0.25, 0.3) is 0 Å². The molecule has 0 radical (unpaired) electrons. The third kappa shape index (κ3) is 3.48. The van der Waals surface area contributed by atoms with E-state index >= 15 is 0 Å². The molecule has 0 bridgehead atoms. The third-order valence-electron chi connectivity index (χ3n) is 3.21. The van der Waals surface area contributed by atoms with Crippen LogP contribution in [0.15, 0.2) is 22.7 Å². The van der Waals surface area contributed by atoms with Gasteiger partial charge in [-0.15, -0.1) is 0 Å². The van der Waals surface area contributed by atoms with Crippen molar-refractivity contribution in [3.05, 3.63) is 28.2 Å². The fourth-order valence-corrected chi connectivity index (χ4v) is 4.15. The van der Waals surface area contributed by atoms with Gasteiger partial charge >= 0.3 is 0 Å². The molecular formula is C13H17BrO3S. The predicted octanol–water partition coefficient (Wildman–Crippen LogP) is 2.96. The maximum atomic E-state index is 11.4. The van der Waals surface area contributed by atoms with Crippen molar-refractivity contribution in [2.24, 2.45) is 5.41 Å². The second kappa shape index (κ2) is 4.85. The Morgan fingerprint density at radius 3 is 2.56 bits per heavy atom. The van der Waals surface area contributed by atoms with Gasteiger partial charge in [0.25, 0.3) is 0 Å². The summed E-state index contributed by atoms with van der Waals surface area (Å²) in [6.45, 7) is 2.46. The van der Waals surface area contributed by atoms with Gasteiger partial charge in [0.15, 0.2) is 0 Å². The molecule has 0 atom stereocenters. The molecule has 1 aliphatic carbocycles. The van der Waals surface area contributed by atoms with Crippen molar-refractivity contribution in [3.63, 3.8) is 0 Å². The Bertz CT molecular complexity index is 527. The number of halogens is 1.